The zero-order valence-corrected chi connectivity index (χ0v) is 22.1. The zero-order chi connectivity index (χ0) is 28.5. The van der Waals surface area contributed by atoms with E-state index in [9.17, 15) is 33.0 Å². The van der Waals surface area contributed by atoms with Crippen molar-refractivity contribution in [1.82, 2.24) is 20.5 Å². The van der Waals surface area contributed by atoms with Gasteiger partial charge >= 0.3 is 6.18 Å². The Morgan fingerprint density at radius 3 is 2.44 bits per heavy atom. The fourth-order valence-corrected chi connectivity index (χ4v) is 5.62. The van der Waals surface area contributed by atoms with Gasteiger partial charge in [-0.2, -0.15) is 13.2 Å². The third kappa shape index (κ3) is 6.42. The monoisotopic (exact) mass is 548 g/mol. The maximum absolute atomic E-state index is 12.9. The van der Waals surface area contributed by atoms with E-state index in [1.165, 1.54) is 6.07 Å². The summed E-state index contributed by atoms with van der Waals surface area (Å²) in [6.45, 7) is 3.95. The van der Waals surface area contributed by atoms with Crippen LogP contribution in [0.5, 0.6) is 0 Å². The molecule has 0 radical (unpaired) electrons. The number of nitrogens with one attached hydrogen (secondary N) is 2. The molecular formula is C28H35F3N4O4. The van der Waals surface area contributed by atoms with Gasteiger partial charge in [-0.25, -0.2) is 0 Å². The SMILES string of the molecule is CC(C)(O)C1(NC2CCN(C(=O)CNC(=O)c3cccc(C(F)(F)F)c3)C2)CCC(O)(c2ccccn2)CC1. The van der Waals surface area contributed by atoms with Gasteiger partial charge in [0.1, 0.15) is 5.60 Å². The summed E-state index contributed by atoms with van der Waals surface area (Å²) in [5.41, 5.74) is -3.36. The molecule has 212 valence electrons. The molecule has 1 aromatic heterocycles. The van der Waals surface area contributed by atoms with E-state index in [0.29, 0.717) is 50.9 Å². The van der Waals surface area contributed by atoms with E-state index in [0.717, 1.165) is 18.2 Å². The van der Waals surface area contributed by atoms with Crippen LogP contribution in [0.1, 0.15) is 67.6 Å². The first-order valence-corrected chi connectivity index (χ1v) is 13.1. The number of amides is 2. The summed E-state index contributed by atoms with van der Waals surface area (Å²) >= 11 is 0. The normalized spacial score (nSPS) is 25.9. The van der Waals surface area contributed by atoms with Crippen molar-refractivity contribution < 1.29 is 33.0 Å². The lowest BCUT2D eigenvalue weighted by Crippen LogP contribution is -2.65. The number of halogens is 3. The molecule has 1 aromatic carbocycles. The first-order valence-electron chi connectivity index (χ1n) is 13.1. The Labute approximate surface area is 225 Å². The number of carbonyl (C=O) groups excluding carboxylic acids is 2. The van der Waals surface area contributed by atoms with Crippen molar-refractivity contribution >= 4 is 11.8 Å². The molecule has 2 aromatic rings. The Bertz CT molecular complexity index is 1180. The third-order valence-corrected chi connectivity index (χ3v) is 8.12. The van der Waals surface area contributed by atoms with Gasteiger partial charge in [0.25, 0.3) is 5.91 Å². The molecule has 39 heavy (non-hydrogen) atoms. The predicted octanol–water partition coefficient (Wildman–Crippen LogP) is 2.99. The Balaban J connectivity index is 1.33. The van der Waals surface area contributed by atoms with Crippen LogP contribution < -0.4 is 10.6 Å². The van der Waals surface area contributed by atoms with E-state index in [2.05, 4.69) is 15.6 Å². The van der Waals surface area contributed by atoms with Crippen LogP contribution in [0.25, 0.3) is 0 Å². The molecule has 1 aliphatic carbocycles. The van der Waals surface area contributed by atoms with Gasteiger partial charge in [0.05, 0.1) is 23.4 Å². The highest BCUT2D eigenvalue weighted by Gasteiger charge is 2.51. The molecule has 1 saturated heterocycles. The van der Waals surface area contributed by atoms with Crippen molar-refractivity contribution in [2.24, 2.45) is 0 Å². The van der Waals surface area contributed by atoms with Crippen LogP contribution >= 0.6 is 0 Å². The molecule has 0 spiro atoms. The predicted molar refractivity (Wildman–Crippen MR) is 138 cm³/mol. The Morgan fingerprint density at radius 2 is 1.82 bits per heavy atom. The number of likely N-dealkylation sites (tertiary alicyclic amines) is 1. The number of benzene rings is 1. The molecule has 2 amide bonds. The fourth-order valence-electron chi connectivity index (χ4n) is 5.62. The summed E-state index contributed by atoms with van der Waals surface area (Å²) < 4.78 is 38.8. The van der Waals surface area contributed by atoms with Gasteiger partial charge in [0, 0.05) is 36.4 Å². The lowest BCUT2D eigenvalue weighted by Gasteiger charge is -2.51. The van der Waals surface area contributed by atoms with Crippen molar-refractivity contribution in [1.29, 1.82) is 0 Å². The highest BCUT2D eigenvalue weighted by molar-refractivity contribution is 5.96. The van der Waals surface area contributed by atoms with Gasteiger partial charge in [-0.3, -0.25) is 14.6 Å². The van der Waals surface area contributed by atoms with Gasteiger partial charge in [0.2, 0.25) is 5.91 Å². The highest BCUT2D eigenvalue weighted by atomic mass is 19.4. The number of pyridine rings is 1. The van der Waals surface area contributed by atoms with E-state index in [1.807, 2.05) is 6.07 Å². The molecule has 1 atom stereocenters. The first kappa shape index (κ1) is 29.0. The summed E-state index contributed by atoms with van der Waals surface area (Å²) in [5, 5.41) is 28.4. The molecule has 1 unspecified atom stereocenters. The van der Waals surface area contributed by atoms with Crippen molar-refractivity contribution in [2.45, 2.75) is 74.9 Å². The lowest BCUT2D eigenvalue weighted by molar-refractivity contribution is -0.137. The van der Waals surface area contributed by atoms with E-state index < -0.39 is 34.4 Å². The summed E-state index contributed by atoms with van der Waals surface area (Å²) in [6.07, 6.45) is -0.456. The number of hydrogen-bond donors (Lipinski definition) is 4. The number of alkyl halides is 3. The number of carbonyl (C=O) groups is 2. The average molecular weight is 549 g/mol. The van der Waals surface area contributed by atoms with Gasteiger partial charge in [0.15, 0.2) is 0 Å². The van der Waals surface area contributed by atoms with Gasteiger partial charge < -0.3 is 25.7 Å². The number of aromatic nitrogens is 1. The molecule has 11 heteroatoms. The van der Waals surface area contributed by atoms with Gasteiger partial charge in [-0.05, 0) is 76.3 Å². The van der Waals surface area contributed by atoms with Crippen LogP contribution in [0.15, 0.2) is 48.7 Å². The Hall–Kier alpha value is -3.02. The summed E-state index contributed by atoms with van der Waals surface area (Å²) in [4.78, 5) is 31.1. The van der Waals surface area contributed by atoms with Crippen molar-refractivity contribution in [3.8, 4) is 0 Å². The molecule has 4 N–H and O–H groups in total. The van der Waals surface area contributed by atoms with Crippen molar-refractivity contribution in [2.75, 3.05) is 19.6 Å². The van der Waals surface area contributed by atoms with E-state index >= 15 is 0 Å². The van der Waals surface area contributed by atoms with Crippen LogP contribution in [0.4, 0.5) is 13.2 Å². The number of rotatable bonds is 7. The van der Waals surface area contributed by atoms with Crippen LogP contribution in [0, 0.1) is 0 Å². The molecule has 2 heterocycles. The van der Waals surface area contributed by atoms with Gasteiger partial charge in [-0.15, -0.1) is 0 Å². The largest absolute Gasteiger partial charge is 0.416 e. The minimum atomic E-state index is -4.57. The lowest BCUT2D eigenvalue weighted by atomic mass is 9.66. The molecule has 2 aliphatic rings. The van der Waals surface area contributed by atoms with Crippen LogP contribution in [-0.4, -0.2) is 68.7 Å². The number of nitrogens with zero attached hydrogens (tertiary/aromatic N) is 2. The molecular weight excluding hydrogens is 513 g/mol. The minimum Gasteiger partial charge on any atom is -0.389 e. The first-order chi connectivity index (χ1) is 18.2. The Morgan fingerprint density at radius 1 is 1.10 bits per heavy atom. The molecule has 1 saturated carbocycles. The van der Waals surface area contributed by atoms with Crippen molar-refractivity contribution in [3.63, 3.8) is 0 Å². The quantitative estimate of drug-likeness (QED) is 0.423. The second-order valence-corrected chi connectivity index (χ2v) is 11.1. The van der Waals surface area contributed by atoms with E-state index in [1.54, 1.807) is 37.1 Å². The molecule has 8 nitrogen and oxygen atoms in total. The van der Waals surface area contributed by atoms with Gasteiger partial charge in [-0.1, -0.05) is 12.1 Å². The molecule has 1 aliphatic heterocycles. The maximum Gasteiger partial charge on any atom is 0.416 e. The zero-order valence-electron chi connectivity index (χ0n) is 22.1. The second-order valence-electron chi connectivity index (χ2n) is 11.1. The summed E-state index contributed by atoms with van der Waals surface area (Å²) in [5.74, 6) is -1.10. The summed E-state index contributed by atoms with van der Waals surface area (Å²) in [6, 6.07) is 9.37. The molecule has 2 fully saturated rings. The fraction of sp³-hybridized carbons (Fsp3) is 0.536. The standard InChI is InChI=1S/C28H35F3N4O4/c1-25(2,38)27(12-10-26(39,11-13-27)22-8-3-4-14-32-22)34-21-9-15-35(18-21)23(36)17-33-24(37)19-6-5-7-20(16-19)28(29,30)31/h3-8,14,16,21,34,38-39H,9-13,15,17-18H2,1-2H3,(H,33,37). The number of hydrogen-bond acceptors (Lipinski definition) is 6. The van der Waals surface area contributed by atoms with Crippen LogP contribution in [0.2, 0.25) is 0 Å². The Kier molecular flexibility index (Phi) is 8.07. The average Bonchev–Trinajstić information content (AvgIpc) is 3.36. The highest BCUT2D eigenvalue weighted by Crippen LogP contribution is 2.45. The smallest absolute Gasteiger partial charge is 0.389 e. The minimum absolute atomic E-state index is 0.111. The molecule has 0 bridgehead atoms. The van der Waals surface area contributed by atoms with Crippen LogP contribution in [-0.2, 0) is 16.6 Å². The van der Waals surface area contributed by atoms with Crippen molar-refractivity contribution in [3.05, 3.63) is 65.5 Å². The van der Waals surface area contributed by atoms with Crippen LogP contribution in [0.3, 0.4) is 0 Å². The van der Waals surface area contributed by atoms with E-state index in [4.69, 9.17) is 0 Å². The van der Waals surface area contributed by atoms with E-state index in [-0.39, 0.29) is 24.1 Å². The third-order valence-electron chi connectivity index (χ3n) is 8.12. The number of aliphatic hydroxyl groups is 2. The summed E-state index contributed by atoms with van der Waals surface area (Å²) in [7, 11) is 0. The molecule has 4 rings (SSSR count). The topological polar surface area (TPSA) is 115 Å². The maximum atomic E-state index is 12.9. The second kappa shape index (κ2) is 10.9.